The Hall–Kier alpha value is -1.69. The van der Waals surface area contributed by atoms with Crippen molar-refractivity contribution in [3.8, 4) is 0 Å². The normalized spacial score (nSPS) is 10.5. The number of hydrogen-bond donors (Lipinski definition) is 1. The van der Waals surface area contributed by atoms with E-state index in [1.54, 1.807) is 0 Å². The van der Waals surface area contributed by atoms with Crippen molar-refractivity contribution in [2.75, 3.05) is 0 Å². The lowest BCUT2D eigenvalue weighted by atomic mass is 10.2. The van der Waals surface area contributed by atoms with Gasteiger partial charge in [-0.1, -0.05) is 0 Å². The molecule has 0 aliphatic heterocycles. The molecule has 0 unspecified atom stereocenters. The zero-order valence-electron chi connectivity index (χ0n) is 10.5. The lowest BCUT2D eigenvalue weighted by Gasteiger charge is -2.03. The Morgan fingerprint density at radius 2 is 2.21 bits per heavy atom. The van der Waals surface area contributed by atoms with Crippen molar-refractivity contribution in [2.45, 2.75) is 20.4 Å². The number of rotatable bonds is 3. The predicted octanol–water partition coefficient (Wildman–Crippen LogP) is 3.12. The first-order chi connectivity index (χ1) is 8.97. The molecule has 0 spiro atoms. The number of carbonyl (C=O) groups excluding carboxylic acids is 1. The van der Waals surface area contributed by atoms with Crippen molar-refractivity contribution < 1.29 is 13.6 Å². The van der Waals surface area contributed by atoms with Gasteiger partial charge in [0.1, 0.15) is 11.6 Å². The first kappa shape index (κ1) is 13.7. The fraction of sp³-hybridized carbons (Fsp3) is 0.231. The molecule has 4 nitrogen and oxygen atoms in total. The van der Waals surface area contributed by atoms with Gasteiger partial charge in [0.05, 0.1) is 16.7 Å². The van der Waals surface area contributed by atoms with Gasteiger partial charge in [-0.15, -0.1) is 0 Å². The largest absolute Gasteiger partial charge is 0.444 e. The number of nitrogens with one attached hydrogen (secondary N) is 1. The quantitative estimate of drug-likeness (QED) is 0.942. The molecule has 0 saturated heterocycles. The Labute approximate surface area is 118 Å². The van der Waals surface area contributed by atoms with Crippen molar-refractivity contribution in [2.24, 2.45) is 0 Å². The zero-order valence-corrected chi connectivity index (χ0v) is 12.0. The van der Waals surface area contributed by atoms with Crippen LogP contribution in [0.1, 0.15) is 27.7 Å². The molecule has 0 bridgehead atoms. The Kier molecular flexibility index (Phi) is 3.99. The van der Waals surface area contributed by atoms with Gasteiger partial charge in [-0.2, -0.15) is 0 Å². The van der Waals surface area contributed by atoms with Crippen LogP contribution in [0.15, 0.2) is 27.1 Å². The van der Waals surface area contributed by atoms with Crippen molar-refractivity contribution in [3.05, 3.63) is 51.4 Å². The smallest absolute Gasteiger partial charge is 0.251 e. The Bertz CT molecular complexity index is 606. The first-order valence-corrected chi connectivity index (χ1v) is 6.43. The van der Waals surface area contributed by atoms with Crippen molar-refractivity contribution in [3.63, 3.8) is 0 Å². The van der Waals surface area contributed by atoms with Gasteiger partial charge in [0.15, 0.2) is 0 Å². The zero-order chi connectivity index (χ0) is 14.0. The van der Waals surface area contributed by atoms with Crippen LogP contribution in [-0.2, 0) is 6.54 Å². The second kappa shape index (κ2) is 5.52. The average molecular weight is 327 g/mol. The predicted molar refractivity (Wildman–Crippen MR) is 71.2 cm³/mol. The van der Waals surface area contributed by atoms with Gasteiger partial charge in [-0.25, -0.2) is 9.37 Å². The molecule has 0 aliphatic carbocycles. The van der Waals surface area contributed by atoms with Gasteiger partial charge in [0.2, 0.25) is 5.89 Å². The number of nitrogens with zero attached hydrogens (tertiary/aromatic N) is 1. The highest BCUT2D eigenvalue weighted by molar-refractivity contribution is 9.10. The third kappa shape index (κ3) is 3.20. The van der Waals surface area contributed by atoms with Gasteiger partial charge in [0.25, 0.3) is 5.91 Å². The first-order valence-electron chi connectivity index (χ1n) is 5.63. The van der Waals surface area contributed by atoms with Crippen LogP contribution in [0.25, 0.3) is 0 Å². The van der Waals surface area contributed by atoms with E-state index in [0.29, 0.717) is 11.5 Å². The molecule has 6 heteroatoms. The summed E-state index contributed by atoms with van der Waals surface area (Å²) in [5.74, 6) is 0.461. The number of halogens is 2. The van der Waals surface area contributed by atoms with E-state index >= 15 is 0 Å². The molecule has 0 atom stereocenters. The minimum Gasteiger partial charge on any atom is -0.444 e. The molecular formula is C13H12BrFN2O2. The van der Waals surface area contributed by atoms with E-state index in [4.69, 9.17) is 4.42 Å². The minimum atomic E-state index is -0.407. The van der Waals surface area contributed by atoms with Crippen molar-refractivity contribution in [1.29, 1.82) is 0 Å². The number of oxazole rings is 1. The van der Waals surface area contributed by atoms with E-state index in [2.05, 4.69) is 26.2 Å². The van der Waals surface area contributed by atoms with Crippen LogP contribution in [-0.4, -0.2) is 10.9 Å². The number of carbonyl (C=O) groups is 1. The Morgan fingerprint density at radius 3 is 2.79 bits per heavy atom. The number of benzene rings is 1. The summed E-state index contributed by atoms with van der Waals surface area (Å²) < 4.78 is 18.7. The van der Waals surface area contributed by atoms with E-state index in [1.165, 1.54) is 18.2 Å². The molecule has 1 heterocycles. The second-order valence-electron chi connectivity index (χ2n) is 4.06. The molecule has 1 aromatic carbocycles. The maximum atomic E-state index is 13.1. The van der Waals surface area contributed by atoms with Crippen LogP contribution in [0.5, 0.6) is 0 Å². The molecule has 0 saturated carbocycles. The molecule has 100 valence electrons. The molecule has 0 fully saturated rings. The number of aryl methyl sites for hydroxylation is 2. The highest BCUT2D eigenvalue weighted by Gasteiger charge is 2.10. The molecule has 1 amide bonds. The third-order valence-electron chi connectivity index (χ3n) is 2.65. The second-order valence-corrected chi connectivity index (χ2v) is 4.92. The van der Waals surface area contributed by atoms with Gasteiger partial charge >= 0.3 is 0 Å². The molecule has 2 rings (SSSR count). The van der Waals surface area contributed by atoms with Crippen molar-refractivity contribution in [1.82, 2.24) is 10.3 Å². The van der Waals surface area contributed by atoms with Crippen LogP contribution >= 0.6 is 15.9 Å². The molecule has 1 N–H and O–H groups in total. The fourth-order valence-electron chi connectivity index (χ4n) is 1.51. The summed E-state index contributed by atoms with van der Waals surface area (Å²) in [6, 6.07) is 4.08. The summed E-state index contributed by atoms with van der Waals surface area (Å²) in [6.45, 7) is 3.84. The number of amides is 1. The molecule has 19 heavy (non-hydrogen) atoms. The van der Waals surface area contributed by atoms with E-state index in [1.807, 2.05) is 13.8 Å². The van der Waals surface area contributed by atoms with E-state index in [0.717, 1.165) is 11.5 Å². The topological polar surface area (TPSA) is 55.1 Å². The van der Waals surface area contributed by atoms with Crippen LogP contribution in [0.3, 0.4) is 0 Å². The number of hydrogen-bond acceptors (Lipinski definition) is 3. The summed E-state index contributed by atoms with van der Waals surface area (Å²) in [6.07, 6.45) is 0. The fourth-order valence-corrected chi connectivity index (χ4v) is 1.89. The monoisotopic (exact) mass is 326 g/mol. The summed E-state index contributed by atoms with van der Waals surface area (Å²) in [7, 11) is 0. The minimum absolute atomic E-state index is 0.197. The molecule has 1 aromatic heterocycles. The lowest BCUT2D eigenvalue weighted by molar-refractivity contribution is 0.0947. The maximum absolute atomic E-state index is 13.1. The van der Waals surface area contributed by atoms with Gasteiger partial charge in [-0.3, -0.25) is 4.79 Å². The Morgan fingerprint density at radius 1 is 1.47 bits per heavy atom. The van der Waals surface area contributed by atoms with Crippen LogP contribution in [0.4, 0.5) is 4.39 Å². The Balaban J connectivity index is 2.03. The summed E-state index contributed by atoms with van der Waals surface area (Å²) >= 11 is 3.04. The third-order valence-corrected chi connectivity index (χ3v) is 3.26. The molecule has 2 aromatic rings. The van der Waals surface area contributed by atoms with Gasteiger partial charge < -0.3 is 9.73 Å². The van der Waals surface area contributed by atoms with Gasteiger partial charge in [0, 0.05) is 5.56 Å². The molecule has 0 aliphatic rings. The summed E-state index contributed by atoms with van der Waals surface area (Å²) in [4.78, 5) is 16.0. The maximum Gasteiger partial charge on any atom is 0.251 e. The van der Waals surface area contributed by atoms with Gasteiger partial charge in [-0.05, 0) is 48.0 Å². The van der Waals surface area contributed by atoms with E-state index < -0.39 is 5.82 Å². The van der Waals surface area contributed by atoms with Crippen molar-refractivity contribution >= 4 is 21.8 Å². The lowest BCUT2D eigenvalue weighted by Crippen LogP contribution is -2.23. The van der Waals surface area contributed by atoms with Crippen LogP contribution in [0, 0.1) is 19.7 Å². The number of aromatic nitrogens is 1. The average Bonchev–Trinajstić information content (AvgIpc) is 2.69. The van der Waals surface area contributed by atoms with E-state index in [-0.39, 0.29) is 16.9 Å². The molecular weight excluding hydrogens is 315 g/mol. The highest BCUT2D eigenvalue weighted by Crippen LogP contribution is 2.17. The van der Waals surface area contributed by atoms with Crippen LogP contribution in [0.2, 0.25) is 0 Å². The summed E-state index contributed by atoms with van der Waals surface area (Å²) in [5, 5.41) is 2.66. The summed E-state index contributed by atoms with van der Waals surface area (Å²) in [5.41, 5.74) is 1.17. The SMILES string of the molecule is Cc1nc(CNC(=O)c2ccc(F)c(Br)c2)oc1C. The standard InChI is InChI=1S/C13H12BrFN2O2/c1-7-8(2)19-12(17-7)6-16-13(18)9-3-4-11(15)10(14)5-9/h3-5H,6H2,1-2H3,(H,16,18). The van der Waals surface area contributed by atoms with Crippen LogP contribution < -0.4 is 5.32 Å². The molecule has 0 radical (unpaired) electrons. The van der Waals surface area contributed by atoms with E-state index in [9.17, 15) is 9.18 Å². The highest BCUT2D eigenvalue weighted by atomic mass is 79.9.